The highest BCUT2D eigenvalue weighted by Gasteiger charge is 2.51. The molecule has 156 valence electrons. The van der Waals surface area contributed by atoms with Crippen LogP contribution < -0.4 is 10.4 Å². The topological polar surface area (TPSA) is 9.23 Å². The molecule has 1 atom stereocenters. The van der Waals surface area contributed by atoms with E-state index >= 15 is 0 Å². The molecule has 3 aromatic carbocycles. The minimum absolute atomic E-state index is 0.00924. The Morgan fingerprint density at radius 2 is 1.30 bits per heavy atom. The molecule has 1 nitrogen and oxygen atoms in total. The van der Waals surface area contributed by atoms with Crippen LogP contribution in [0.2, 0.25) is 5.04 Å². The van der Waals surface area contributed by atoms with Crippen LogP contribution in [0.5, 0.6) is 0 Å². The fourth-order valence-corrected chi connectivity index (χ4v) is 9.69. The smallest absolute Gasteiger partial charge is 0.261 e. The maximum absolute atomic E-state index is 7.16. The van der Waals surface area contributed by atoms with Gasteiger partial charge >= 0.3 is 0 Å². The lowest BCUT2D eigenvalue weighted by molar-refractivity contribution is 0.256. The first-order chi connectivity index (χ1) is 14.5. The van der Waals surface area contributed by atoms with Crippen LogP contribution in [-0.2, 0) is 10.2 Å². The van der Waals surface area contributed by atoms with Crippen molar-refractivity contribution in [3.63, 3.8) is 0 Å². The molecule has 0 N–H and O–H groups in total. The molecule has 0 amide bonds. The fraction of sp³-hybridized carbons (Fsp3) is 0.259. The number of rotatable bonds is 9. The van der Waals surface area contributed by atoms with Crippen molar-refractivity contribution in [1.29, 1.82) is 0 Å². The summed E-state index contributed by atoms with van der Waals surface area (Å²) >= 11 is 1.91. The van der Waals surface area contributed by atoms with Gasteiger partial charge in [0.15, 0.2) is 0 Å². The number of benzene rings is 3. The maximum Gasteiger partial charge on any atom is 0.261 e. The third-order valence-corrected chi connectivity index (χ3v) is 11.6. The van der Waals surface area contributed by atoms with E-state index in [1.54, 1.807) is 0 Å². The van der Waals surface area contributed by atoms with Gasteiger partial charge in [0, 0.05) is 11.5 Å². The predicted octanol–water partition coefficient (Wildman–Crippen LogP) is 6.05. The summed E-state index contributed by atoms with van der Waals surface area (Å²) in [6, 6.07) is 32.2. The van der Waals surface area contributed by atoms with Gasteiger partial charge in [-0.3, -0.25) is 0 Å². The average molecular weight is 433 g/mol. The number of hydrogen-bond acceptors (Lipinski definition) is 2. The van der Waals surface area contributed by atoms with Crippen LogP contribution in [0.4, 0.5) is 0 Å². The molecule has 0 saturated carbocycles. The number of thioether (sulfide) groups is 1. The lowest BCUT2D eigenvalue weighted by Crippen LogP contribution is -2.67. The van der Waals surface area contributed by atoms with Gasteiger partial charge in [0.25, 0.3) is 8.32 Å². The summed E-state index contributed by atoms with van der Waals surface area (Å²) in [5.74, 6) is 1.87. The van der Waals surface area contributed by atoms with Gasteiger partial charge < -0.3 is 4.43 Å². The van der Waals surface area contributed by atoms with E-state index in [1.165, 1.54) is 15.9 Å². The highest BCUT2D eigenvalue weighted by Crippen LogP contribution is 2.38. The second kappa shape index (κ2) is 10.3. The molecule has 0 aliphatic carbocycles. The van der Waals surface area contributed by atoms with Crippen molar-refractivity contribution in [2.45, 2.75) is 37.7 Å². The summed E-state index contributed by atoms with van der Waals surface area (Å²) in [6.45, 7) is 11.1. The lowest BCUT2D eigenvalue weighted by atomic mass is 10.2. The molecule has 0 aromatic heterocycles. The molecule has 30 heavy (non-hydrogen) atoms. The average Bonchev–Trinajstić information content (AvgIpc) is 2.77. The Morgan fingerprint density at radius 3 is 1.73 bits per heavy atom. The molecule has 3 heteroatoms. The lowest BCUT2D eigenvalue weighted by Gasteiger charge is -2.44. The summed E-state index contributed by atoms with van der Waals surface area (Å²) in [5.41, 5.74) is 1.34. The summed E-state index contributed by atoms with van der Waals surface area (Å²) in [7, 11) is -2.55. The molecule has 0 saturated heterocycles. The zero-order valence-electron chi connectivity index (χ0n) is 18.3. The van der Waals surface area contributed by atoms with Crippen LogP contribution >= 0.6 is 11.8 Å². The quantitative estimate of drug-likeness (QED) is 0.301. The van der Waals surface area contributed by atoms with E-state index in [1.807, 2.05) is 17.8 Å². The Hall–Kier alpha value is -2.07. The van der Waals surface area contributed by atoms with Crippen LogP contribution in [-0.4, -0.2) is 20.2 Å². The van der Waals surface area contributed by atoms with Crippen molar-refractivity contribution in [2.75, 3.05) is 5.75 Å². The zero-order valence-corrected chi connectivity index (χ0v) is 20.1. The van der Waals surface area contributed by atoms with Crippen LogP contribution in [0.1, 0.15) is 26.3 Å². The molecule has 0 spiro atoms. The first-order valence-corrected chi connectivity index (χ1v) is 13.6. The van der Waals surface area contributed by atoms with Crippen LogP contribution in [0, 0.1) is 0 Å². The Morgan fingerprint density at radius 1 is 0.833 bits per heavy atom. The molecule has 3 aromatic rings. The number of hydrogen-bond donors (Lipinski definition) is 0. The Kier molecular flexibility index (Phi) is 7.76. The normalized spacial score (nSPS) is 13.0. The van der Waals surface area contributed by atoms with Gasteiger partial charge in [-0.05, 0) is 21.0 Å². The minimum Gasteiger partial charge on any atom is -0.400 e. The summed E-state index contributed by atoms with van der Waals surface area (Å²) < 4.78 is 7.16. The largest absolute Gasteiger partial charge is 0.400 e. The zero-order chi connectivity index (χ0) is 21.5. The summed E-state index contributed by atoms with van der Waals surface area (Å²) in [5, 5.41) is 2.59. The van der Waals surface area contributed by atoms with Crippen molar-refractivity contribution in [3.05, 3.63) is 109 Å². The van der Waals surface area contributed by atoms with Crippen LogP contribution in [0.15, 0.2) is 104 Å². The highest BCUT2D eigenvalue weighted by molar-refractivity contribution is 7.98. The molecule has 0 fully saturated rings. The van der Waals surface area contributed by atoms with Gasteiger partial charge in [0.1, 0.15) is 0 Å². The standard InChI is InChI=1S/C27H32OSSi/c1-5-24(22-29-21-23-15-9-6-10-16-23)28-30(27(2,3)4,25-17-11-7-12-18-25)26-19-13-8-14-20-26/h5-20,24H,1,21-22H2,2-4H3. The fourth-order valence-electron chi connectivity index (χ4n) is 3.94. The van der Waals surface area contributed by atoms with E-state index in [9.17, 15) is 0 Å². The highest BCUT2D eigenvalue weighted by atomic mass is 32.2. The molecule has 3 rings (SSSR count). The minimum atomic E-state index is -2.55. The van der Waals surface area contributed by atoms with E-state index in [0.717, 1.165) is 11.5 Å². The first-order valence-electron chi connectivity index (χ1n) is 10.5. The Labute approximate surface area is 187 Å². The Bertz CT molecular complexity index is 864. The van der Waals surface area contributed by atoms with Crippen molar-refractivity contribution in [1.82, 2.24) is 0 Å². The van der Waals surface area contributed by atoms with Crippen molar-refractivity contribution in [2.24, 2.45) is 0 Å². The summed E-state index contributed by atoms with van der Waals surface area (Å²) in [4.78, 5) is 0. The molecule has 0 heterocycles. The molecule has 0 bridgehead atoms. The third-order valence-electron chi connectivity index (χ3n) is 5.40. The van der Waals surface area contributed by atoms with E-state index in [2.05, 4.69) is 118 Å². The molecule has 0 aliphatic rings. The van der Waals surface area contributed by atoms with Gasteiger partial charge in [-0.15, -0.1) is 6.58 Å². The van der Waals surface area contributed by atoms with Gasteiger partial charge in [0.2, 0.25) is 0 Å². The van der Waals surface area contributed by atoms with Crippen LogP contribution in [0.25, 0.3) is 0 Å². The SMILES string of the molecule is C=CC(CSCc1ccccc1)O[Si](c1ccccc1)(c1ccccc1)C(C)(C)C. The van der Waals surface area contributed by atoms with Crippen LogP contribution in [0.3, 0.4) is 0 Å². The van der Waals surface area contributed by atoms with Gasteiger partial charge in [-0.2, -0.15) is 11.8 Å². The third kappa shape index (κ3) is 5.15. The summed E-state index contributed by atoms with van der Waals surface area (Å²) in [6.07, 6.45) is 1.97. The van der Waals surface area contributed by atoms with Gasteiger partial charge in [-0.1, -0.05) is 118 Å². The monoisotopic (exact) mass is 432 g/mol. The first kappa shape index (κ1) is 22.6. The van der Waals surface area contributed by atoms with E-state index in [4.69, 9.17) is 4.43 Å². The molecule has 0 radical (unpaired) electrons. The molecular weight excluding hydrogens is 400 g/mol. The maximum atomic E-state index is 7.16. The van der Waals surface area contributed by atoms with E-state index < -0.39 is 8.32 Å². The van der Waals surface area contributed by atoms with Crippen molar-refractivity contribution < 1.29 is 4.43 Å². The van der Waals surface area contributed by atoms with Crippen molar-refractivity contribution in [3.8, 4) is 0 Å². The molecular formula is C27H32OSSi. The van der Waals surface area contributed by atoms with Gasteiger partial charge in [0.05, 0.1) is 6.10 Å². The predicted molar refractivity (Wildman–Crippen MR) is 135 cm³/mol. The second-order valence-electron chi connectivity index (χ2n) is 8.56. The van der Waals surface area contributed by atoms with Crippen molar-refractivity contribution >= 4 is 30.5 Å². The second-order valence-corrected chi connectivity index (χ2v) is 13.8. The van der Waals surface area contributed by atoms with E-state index in [0.29, 0.717) is 0 Å². The van der Waals surface area contributed by atoms with E-state index in [-0.39, 0.29) is 11.1 Å². The molecule has 1 unspecified atom stereocenters. The molecule has 0 aliphatic heterocycles. The van der Waals surface area contributed by atoms with Gasteiger partial charge in [-0.25, -0.2) is 0 Å². The Balaban J connectivity index is 1.92.